The van der Waals surface area contributed by atoms with Crippen LogP contribution in [-0.2, 0) is 6.54 Å². The van der Waals surface area contributed by atoms with Gasteiger partial charge in [0.25, 0.3) is 0 Å². The third kappa shape index (κ3) is 9.34. The summed E-state index contributed by atoms with van der Waals surface area (Å²) in [7, 11) is 1.71. The predicted octanol–water partition coefficient (Wildman–Crippen LogP) is 3.20. The highest BCUT2D eigenvalue weighted by atomic mass is 19.4. The molecule has 1 aromatic heterocycles. The van der Waals surface area contributed by atoms with Crippen molar-refractivity contribution in [2.75, 3.05) is 39.8 Å². The van der Waals surface area contributed by atoms with Crippen LogP contribution in [0.15, 0.2) is 23.3 Å². The second-order valence-electron chi connectivity index (χ2n) is 7.33. The van der Waals surface area contributed by atoms with Crippen LogP contribution in [0.5, 0.6) is 5.88 Å². The molecule has 1 saturated heterocycles. The normalized spacial score (nSPS) is 16.7. The van der Waals surface area contributed by atoms with E-state index >= 15 is 0 Å². The average Bonchev–Trinajstić information content (AvgIpc) is 2.70. The van der Waals surface area contributed by atoms with E-state index in [9.17, 15) is 13.2 Å². The van der Waals surface area contributed by atoms with E-state index in [1.165, 1.54) is 4.90 Å². The number of nitrogens with one attached hydrogen (secondary N) is 2. The van der Waals surface area contributed by atoms with Gasteiger partial charge in [0.2, 0.25) is 5.88 Å². The summed E-state index contributed by atoms with van der Waals surface area (Å²) < 4.78 is 42.8. The van der Waals surface area contributed by atoms with Gasteiger partial charge >= 0.3 is 6.18 Å². The van der Waals surface area contributed by atoms with Crippen molar-refractivity contribution < 1.29 is 17.9 Å². The lowest BCUT2D eigenvalue weighted by atomic mass is 9.93. The van der Waals surface area contributed by atoms with E-state index in [1.807, 2.05) is 19.1 Å². The molecule has 1 aliphatic rings. The Bertz CT molecular complexity index is 614. The fraction of sp³-hybridized carbons (Fsp3) is 0.700. The van der Waals surface area contributed by atoms with Crippen LogP contribution in [0.3, 0.4) is 0 Å². The molecule has 0 amide bonds. The van der Waals surface area contributed by atoms with Crippen LogP contribution < -0.4 is 15.4 Å². The van der Waals surface area contributed by atoms with Crippen LogP contribution in [0, 0.1) is 5.92 Å². The van der Waals surface area contributed by atoms with Gasteiger partial charge < -0.3 is 15.4 Å². The number of hydrogen-bond donors (Lipinski definition) is 2. The Kier molecular flexibility index (Phi) is 9.50. The number of ether oxygens (including phenoxy) is 1. The van der Waals surface area contributed by atoms with Gasteiger partial charge in [-0.05, 0) is 50.3 Å². The van der Waals surface area contributed by atoms with E-state index in [4.69, 9.17) is 4.74 Å². The summed E-state index contributed by atoms with van der Waals surface area (Å²) in [5.41, 5.74) is 1.02. The molecule has 9 heteroatoms. The highest BCUT2D eigenvalue weighted by Gasteiger charge is 2.32. The maximum atomic E-state index is 12.5. The number of rotatable bonds is 9. The van der Waals surface area contributed by atoms with Crippen molar-refractivity contribution in [1.82, 2.24) is 20.5 Å². The number of nitrogens with zero attached hydrogens (tertiary/aromatic N) is 3. The predicted molar refractivity (Wildman–Crippen MR) is 108 cm³/mol. The van der Waals surface area contributed by atoms with Gasteiger partial charge in [-0.2, -0.15) is 13.2 Å². The molecule has 0 bridgehead atoms. The molecule has 0 unspecified atom stereocenters. The zero-order valence-corrected chi connectivity index (χ0v) is 17.3. The highest BCUT2D eigenvalue weighted by Crippen LogP contribution is 2.23. The summed E-state index contributed by atoms with van der Waals surface area (Å²) in [6.07, 6.45) is 1.15. The molecule has 0 aliphatic carbocycles. The van der Waals surface area contributed by atoms with Crippen molar-refractivity contribution in [3.05, 3.63) is 23.9 Å². The summed E-state index contributed by atoms with van der Waals surface area (Å²) >= 11 is 0. The van der Waals surface area contributed by atoms with E-state index in [0.717, 1.165) is 37.8 Å². The first-order valence-corrected chi connectivity index (χ1v) is 10.2. The summed E-state index contributed by atoms with van der Waals surface area (Å²) in [5, 5.41) is 6.52. The van der Waals surface area contributed by atoms with Gasteiger partial charge in [0, 0.05) is 32.4 Å². The maximum Gasteiger partial charge on any atom is 0.401 e. The maximum absolute atomic E-state index is 12.5. The molecule has 0 aromatic carbocycles. The zero-order chi connectivity index (χ0) is 21.1. The Morgan fingerprint density at radius 1 is 1.28 bits per heavy atom. The molecular formula is C20H32F3N5O. The average molecular weight is 416 g/mol. The van der Waals surface area contributed by atoms with E-state index in [-0.39, 0.29) is 0 Å². The van der Waals surface area contributed by atoms with Crippen LogP contribution in [0.2, 0.25) is 0 Å². The second kappa shape index (κ2) is 11.8. The van der Waals surface area contributed by atoms with Gasteiger partial charge in [0.05, 0.1) is 13.2 Å². The molecule has 1 aromatic rings. The summed E-state index contributed by atoms with van der Waals surface area (Å²) in [6.45, 7) is 4.28. The van der Waals surface area contributed by atoms with E-state index in [2.05, 4.69) is 20.6 Å². The number of alkyl halides is 3. The minimum absolute atomic E-state index is 0.449. The zero-order valence-electron chi connectivity index (χ0n) is 17.3. The molecule has 2 heterocycles. The van der Waals surface area contributed by atoms with Crippen molar-refractivity contribution in [2.45, 2.75) is 45.3 Å². The molecule has 0 radical (unpaired) electrons. The summed E-state index contributed by atoms with van der Waals surface area (Å²) in [6, 6.07) is 3.82. The number of hydrogen-bond acceptors (Lipinski definition) is 4. The van der Waals surface area contributed by atoms with Gasteiger partial charge in [-0.3, -0.25) is 9.89 Å². The SMILES string of the molecule is CCCOc1ccc(CNC(=NC)NCCC2CCN(CC(F)(F)F)CC2)cn1. The molecule has 0 atom stereocenters. The van der Waals surface area contributed by atoms with Crippen molar-refractivity contribution in [3.8, 4) is 5.88 Å². The fourth-order valence-corrected chi connectivity index (χ4v) is 3.30. The first-order chi connectivity index (χ1) is 13.9. The Morgan fingerprint density at radius 3 is 2.62 bits per heavy atom. The third-order valence-corrected chi connectivity index (χ3v) is 4.89. The smallest absolute Gasteiger partial charge is 0.401 e. The first-order valence-electron chi connectivity index (χ1n) is 10.2. The number of pyridine rings is 1. The third-order valence-electron chi connectivity index (χ3n) is 4.89. The van der Waals surface area contributed by atoms with Crippen LogP contribution in [-0.4, -0.2) is 61.9 Å². The summed E-state index contributed by atoms with van der Waals surface area (Å²) in [4.78, 5) is 9.98. The number of halogens is 3. The Hall–Kier alpha value is -2.03. The molecule has 1 aliphatic heterocycles. The molecule has 29 heavy (non-hydrogen) atoms. The van der Waals surface area contributed by atoms with Crippen molar-refractivity contribution in [1.29, 1.82) is 0 Å². The van der Waals surface area contributed by atoms with Crippen molar-refractivity contribution in [2.24, 2.45) is 10.9 Å². The van der Waals surface area contributed by atoms with E-state index < -0.39 is 12.7 Å². The minimum atomic E-state index is -4.11. The standard InChI is InChI=1S/C20H32F3N5O/c1-3-12-29-18-5-4-17(13-26-18)14-27-19(24-2)25-9-6-16-7-10-28(11-8-16)15-20(21,22)23/h4-5,13,16H,3,6-12,14-15H2,1-2H3,(H2,24,25,27). The van der Waals surface area contributed by atoms with E-state index in [0.29, 0.717) is 44.0 Å². The Morgan fingerprint density at radius 2 is 2.03 bits per heavy atom. The minimum Gasteiger partial charge on any atom is -0.478 e. The lowest BCUT2D eigenvalue weighted by molar-refractivity contribution is -0.148. The number of aromatic nitrogens is 1. The molecular weight excluding hydrogens is 383 g/mol. The van der Waals surface area contributed by atoms with Gasteiger partial charge in [0.15, 0.2) is 5.96 Å². The van der Waals surface area contributed by atoms with Crippen LogP contribution >= 0.6 is 0 Å². The number of piperidine rings is 1. The van der Waals surface area contributed by atoms with Crippen LogP contribution in [0.1, 0.15) is 38.2 Å². The monoisotopic (exact) mass is 415 g/mol. The fourth-order valence-electron chi connectivity index (χ4n) is 3.30. The molecule has 2 N–H and O–H groups in total. The molecule has 6 nitrogen and oxygen atoms in total. The Balaban J connectivity index is 1.63. The topological polar surface area (TPSA) is 61.8 Å². The highest BCUT2D eigenvalue weighted by molar-refractivity contribution is 5.79. The molecule has 164 valence electrons. The van der Waals surface area contributed by atoms with Crippen molar-refractivity contribution >= 4 is 5.96 Å². The molecule has 1 fully saturated rings. The van der Waals surface area contributed by atoms with E-state index in [1.54, 1.807) is 13.2 Å². The number of likely N-dealkylation sites (tertiary alicyclic amines) is 1. The molecule has 2 rings (SSSR count). The second-order valence-corrected chi connectivity index (χ2v) is 7.33. The first kappa shape index (κ1) is 23.3. The lowest BCUT2D eigenvalue weighted by Gasteiger charge is -2.32. The van der Waals surface area contributed by atoms with Gasteiger partial charge in [-0.15, -0.1) is 0 Å². The Labute approximate surface area is 170 Å². The van der Waals surface area contributed by atoms with Gasteiger partial charge in [0.1, 0.15) is 0 Å². The quantitative estimate of drug-likeness (QED) is 0.479. The largest absolute Gasteiger partial charge is 0.478 e. The lowest BCUT2D eigenvalue weighted by Crippen LogP contribution is -2.41. The molecule has 0 saturated carbocycles. The van der Waals surface area contributed by atoms with Gasteiger partial charge in [-0.25, -0.2) is 4.98 Å². The van der Waals surface area contributed by atoms with Crippen LogP contribution in [0.4, 0.5) is 13.2 Å². The molecule has 0 spiro atoms. The van der Waals surface area contributed by atoms with Crippen LogP contribution in [0.25, 0.3) is 0 Å². The van der Waals surface area contributed by atoms with Gasteiger partial charge in [-0.1, -0.05) is 13.0 Å². The summed E-state index contributed by atoms with van der Waals surface area (Å²) in [5.74, 6) is 1.77. The number of guanidine groups is 1. The number of aliphatic imine (C=N–C) groups is 1. The van der Waals surface area contributed by atoms with Crippen molar-refractivity contribution in [3.63, 3.8) is 0 Å².